The standard InChI is InChI=1S/C29H31FN4O2/c1-33-15-17-34(18-16-33)22-11-9-21(10-12-22)31-14-4-5-23-24-19-20(8-13-26(24)32-29(23)35)28-25(30)6-3-7-27(28)36-2/h3,5-13,19,31H,4,14-18H2,1-2H3,(H,32,35)/b23-5-. The fourth-order valence-corrected chi connectivity index (χ4v) is 4.79. The lowest BCUT2D eigenvalue weighted by Gasteiger charge is -2.34. The molecule has 2 N–H and O–H groups in total. The second-order valence-electron chi connectivity index (χ2n) is 9.20. The normalized spacial score (nSPS) is 16.7. The highest BCUT2D eigenvalue weighted by Crippen LogP contribution is 2.39. The van der Waals surface area contributed by atoms with Crippen LogP contribution in [0, 0.1) is 5.82 Å². The van der Waals surface area contributed by atoms with E-state index in [9.17, 15) is 9.18 Å². The van der Waals surface area contributed by atoms with E-state index in [-0.39, 0.29) is 11.7 Å². The predicted molar refractivity (Wildman–Crippen MR) is 144 cm³/mol. The Bertz CT molecular complexity index is 1280. The van der Waals surface area contributed by atoms with Gasteiger partial charge in [-0.2, -0.15) is 0 Å². The van der Waals surface area contributed by atoms with Gasteiger partial charge in [0, 0.05) is 60.9 Å². The number of nitrogens with one attached hydrogen (secondary N) is 2. The van der Waals surface area contributed by atoms with Crippen molar-refractivity contribution in [3.05, 3.63) is 78.1 Å². The summed E-state index contributed by atoms with van der Waals surface area (Å²) in [4.78, 5) is 17.4. The van der Waals surface area contributed by atoms with Crippen molar-refractivity contribution >= 4 is 28.5 Å². The number of anilines is 3. The lowest BCUT2D eigenvalue weighted by molar-refractivity contribution is -0.110. The first kappa shape index (κ1) is 23.9. The molecule has 2 heterocycles. The minimum atomic E-state index is -0.361. The van der Waals surface area contributed by atoms with Crippen LogP contribution >= 0.6 is 0 Å². The zero-order chi connectivity index (χ0) is 25.1. The lowest BCUT2D eigenvalue weighted by atomic mass is 9.98. The van der Waals surface area contributed by atoms with Crippen LogP contribution in [0.25, 0.3) is 16.7 Å². The van der Waals surface area contributed by atoms with Gasteiger partial charge in [0.15, 0.2) is 0 Å². The summed E-state index contributed by atoms with van der Waals surface area (Å²) < 4.78 is 20.0. The van der Waals surface area contributed by atoms with E-state index in [1.165, 1.54) is 18.9 Å². The summed E-state index contributed by atoms with van der Waals surface area (Å²) in [6.45, 7) is 4.96. The number of likely N-dealkylation sites (N-methyl/N-ethyl adjacent to an activating group) is 1. The molecule has 0 radical (unpaired) electrons. The third kappa shape index (κ3) is 4.93. The van der Waals surface area contributed by atoms with Gasteiger partial charge in [0.2, 0.25) is 0 Å². The fraction of sp³-hybridized carbons (Fsp3) is 0.276. The number of hydrogen-bond acceptors (Lipinski definition) is 5. The van der Waals surface area contributed by atoms with Crippen molar-refractivity contribution in [2.75, 3.05) is 62.4 Å². The molecule has 186 valence electrons. The molecular weight excluding hydrogens is 455 g/mol. The second-order valence-corrected chi connectivity index (χ2v) is 9.20. The molecule has 36 heavy (non-hydrogen) atoms. The van der Waals surface area contributed by atoms with Gasteiger partial charge in [-0.05, 0) is 67.6 Å². The molecule has 0 unspecified atom stereocenters. The number of nitrogens with zero attached hydrogens (tertiary/aromatic N) is 2. The maximum absolute atomic E-state index is 14.6. The molecule has 3 aromatic rings. The second kappa shape index (κ2) is 10.4. The van der Waals surface area contributed by atoms with Crippen LogP contribution < -0.4 is 20.3 Å². The first-order valence-corrected chi connectivity index (χ1v) is 12.3. The number of amides is 1. The highest BCUT2D eigenvalue weighted by atomic mass is 19.1. The highest BCUT2D eigenvalue weighted by molar-refractivity contribution is 6.31. The molecule has 0 spiro atoms. The van der Waals surface area contributed by atoms with Gasteiger partial charge in [0.05, 0.1) is 12.7 Å². The van der Waals surface area contributed by atoms with E-state index >= 15 is 0 Å². The van der Waals surface area contributed by atoms with Crippen molar-refractivity contribution in [3.63, 3.8) is 0 Å². The Morgan fingerprint density at radius 1 is 1.06 bits per heavy atom. The van der Waals surface area contributed by atoms with Crippen LogP contribution in [0.4, 0.5) is 21.5 Å². The molecule has 0 aliphatic carbocycles. The van der Waals surface area contributed by atoms with Crippen molar-refractivity contribution in [2.24, 2.45) is 0 Å². The van der Waals surface area contributed by atoms with Crippen LogP contribution in [-0.4, -0.2) is 57.7 Å². The predicted octanol–water partition coefficient (Wildman–Crippen LogP) is 5.09. The quantitative estimate of drug-likeness (QED) is 0.360. The topological polar surface area (TPSA) is 56.8 Å². The molecule has 3 aromatic carbocycles. The number of rotatable bonds is 7. The van der Waals surface area contributed by atoms with E-state index < -0.39 is 0 Å². The first-order valence-electron chi connectivity index (χ1n) is 12.3. The van der Waals surface area contributed by atoms with E-state index in [1.807, 2.05) is 18.2 Å². The Balaban J connectivity index is 1.25. The Morgan fingerprint density at radius 2 is 1.83 bits per heavy atom. The number of carbonyl (C=O) groups is 1. The Labute approximate surface area is 211 Å². The molecule has 0 aromatic heterocycles. The van der Waals surface area contributed by atoms with Crippen LogP contribution in [-0.2, 0) is 4.79 Å². The molecule has 2 aliphatic rings. The Hall–Kier alpha value is -3.84. The van der Waals surface area contributed by atoms with Gasteiger partial charge in [-0.25, -0.2) is 4.39 Å². The van der Waals surface area contributed by atoms with Crippen LogP contribution in [0.15, 0.2) is 66.7 Å². The van der Waals surface area contributed by atoms with Crippen molar-refractivity contribution in [3.8, 4) is 16.9 Å². The smallest absolute Gasteiger partial charge is 0.256 e. The van der Waals surface area contributed by atoms with Crippen molar-refractivity contribution in [2.45, 2.75) is 6.42 Å². The zero-order valence-corrected chi connectivity index (χ0v) is 20.7. The average Bonchev–Trinajstić information content (AvgIpc) is 3.21. The SMILES string of the molecule is COc1cccc(F)c1-c1ccc2c(c1)/C(=C/CCNc1ccc(N3CCN(C)CC3)cc1)C(=O)N2. The molecule has 0 atom stereocenters. The highest BCUT2D eigenvalue weighted by Gasteiger charge is 2.25. The number of methoxy groups -OCH3 is 1. The molecule has 0 saturated carbocycles. The summed E-state index contributed by atoms with van der Waals surface area (Å²) in [5.74, 6) is -0.0419. The molecule has 1 fully saturated rings. The van der Waals surface area contributed by atoms with E-state index in [4.69, 9.17) is 4.74 Å². The van der Waals surface area contributed by atoms with Gasteiger partial charge < -0.3 is 25.2 Å². The van der Waals surface area contributed by atoms with Gasteiger partial charge >= 0.3 is 0 Å². The maximum atomic E-state index is 14.6. The molecular formula is C29H31FN4O2. The van der Waals surface area contributed by atoms with E-state index in [2.05, 4.69) is 51.7 Å². The summed E-state index contributed by atoms with van der Waals surface area (Å²) >= 11 is 0. The molecule has 1 amide bonds. The molecule has 5 rings (SSSR count). The molecule has 2 aliphatic heterocycles. The number of halogens is 1. The average molecular weight is 487 g/mol. The van der Waals surface area contributed by atoms with Gasteiger partial charge in [-0.1, -0.05) is 18.2 Å². The van der Waals surface area contributed by atoms with Crippen LogP contribution in [0.1, 0.15) is 12.0 Å². The monoisotopic (exact) mass is 486 g/mol. The molecule has 0 bridgehead atoms. The summed E-state index contributed by atoms with van der Waals surface area (Å²) in [5, 5.41) is 6.34. The maximum Gasteiger partial charge on any atom is 0.256 e. The minimum absolute atomic E-state index is 0.140. The third-order valence-electron chi connectivity index (χ3n) is 6.84. The van der Waals surface area contributed by atoms with Gasteiger partial charge in [0.1, 0.15) is 11.6 Å². The van der Waals surface area contributed by atoms with E-state index in [1.54, 1.807) is 18.2 Å². The number of carbonyl (C=O) groups excluding carboxylic acids is 1. The zero-order valence-electron chi connectivity index (χ0n) is 20.7. The van der Waals surface area contributed by atoms with E-state index in [0.29, 0.717) is 35.4 Å². The third-order valence-corrected chi connectivity index (χ3v) is 6.84. The lowest BCUT2D eigenvalue weighted by Crippen LogP contribution is -2.44. The summed E-state index contributed by atoms with van der Waals surface area (Å²) in [6.07, 6.45) is 2.62. The molecule has 6 nitrogen and oxygen atoms in total. The minimum Gasteiger partial charge on any atom is -0.496 e. The van der Waals surface area contributed by atoms with Crippen molar-refractivity contribution in [1.82, 2.24) is 4.90 Å². The number of ether oxygens (including phenoxy) is 1. The van der Waals surface area contributed by atoms with Crippen LogP contribution in [0.3, 0.4) is 0 Å². The summed E-state index contributed by atoms with van der Waals surface area (Å²) in [5.41, 5.74) is 5.48. The Morgan fingerprint density at radius 3 is 2.58 bits per heavy atom. The van der Waals surface area contributed by atoms with Crippen molar-refractivity contribution in [1.29, 1.82) is 0 Å². The Kier molecular flexibility index (Phi) is 6.91. The van der Waals surface area contributed by atoms with E-state index in [0.717, 1.165) is 43.1 Å². The van der Waals surface area contributed by atoms with Gasteiger partial charge in [-0.15, -0.1) is 0 Å². The number of piperazine rings is 1. The first-order chi connectivity index (χ1) is 17.5. The van der Waals surface area contributed by atoms with Gasteiger partial charge in [0.25, 0.3) is 5.91 Å². The molecule has 7 heteroatoms. The fourth-order valence-electron chi connectivity index (χ4n) is 4.79. The summed E-state index contributed by atoms with van der Waals surface area (Å²) in [6, 6.07) is 18.8. The summed E-state index contributed by atoms with van der Waals surface area (Å²) in [7, 11) is 3.68. The largest absolute Gasteiger partial charge is 0.496 e. The van der Waals surface area contributed by atoms with Crippen LogP contribution in [0.2, 0.25) is 0 Å². The number of hydrogen-bond donors (Lipinski definition) is 2. The molecule has 1 saturated heterocycles. The number of benzene rings is 3. The van der Waals surface area contributed by atoms with Crippen molar-refractivity contribution < 1.29 is 13.9 Å². The van der Waals surface area contributed by atoms with Gasteiger partial charge in [-0.3, -0.25) is 4.79 Å². The number of fused-ring (bicyclic) bond motifs is 1. The van der Waals surface area contributed by atoms with Crippen LogP contribution in [0.5, 0.6) is 5.75 Å².